The van der Waals surface area contributed by atoms with Crippen LogP contribution in [0, 0.1) is 0 Å². The molecule has 0 radical (unpaired) electrons. The van der Waals surface area contributed by atoms with E-state index in [1.165, 1.54) is 0 Å². The molecule has 1 heterocycles. The first-order chi connectivity index (χ1) is 11.7. The van der Waals surface area contributed by atoms with Gasteiger partial charge in [0.25, 0.3) is 0 Å². The van der Waals surface area contributed by atoms with Crippen LogP contribution < -0.4 is 14.4 Å². The average Bonchev–Trinajstić information content (AvgIpc) is 2.98. The zero-order valence-electron chi connectivity index (χ0n) is 14.1. The van der Waals surface area contributed by atoms with E-state index in [9.17, 15) is 4.79 Å². The lowest BCUT2D eigenvalue weighted by molar-refractivity contribution is -0.117. The molecule has 0 bridgehead atoms. The molecule has 2 aromatic rings. The largest absolute Gasteiger partial charge is 0.497 e. The summed E-state index contributed by atoms with van der Waals surface area (Å²) in [4.78, 5) is 14.7. The number of hydrogen-bond donors (Lipinski definition) is 0. The van der Waals surface area contributed by atoms with Crippen LogP contribution >= 0.6 is 11.8 Å². The maximum atomic E-state index is 12.8. The van der Waals surface area contributed by atoms with Gasteiger partial charge in [-0.25, -0.2) is 0 Å². The smallest absolute Gasteiger partial charge is 0.241 e. The molecule has 0 spiro atoms. The molecule has 2 aromatic carbocycles. The Morgan fingerprint density at radius 3 is 2.00 bits per heavy atom. The first-order valence-electron chi connectivity index (χ1n) is 7.94. The molecule has 24 heavy (non-hydrogen) atoms. The Labute approximate surface area is 146 Å². The van der Waals surface area contributed by atoms with E-state index in [0.29, 0.717) is 0 Å². The standard InChI is InChI=1S/C19H21NO3S/c1-4-17-18(21)20(14-7-11-16(23-3)12-8-14)19(24-17)13-5-9-15(22-2)10-6-13/h5-12,17,19H,4H2,1-3H3. The maximum absolute atomic E-state index is 12.8. The van der Waals surface area contributed by atoms with Crippen molar-refractivity contribution in [2.45, 2.75) is 24.0 Å². The molecule has 1 aliphatic heterocycles. The highest BCUT2D eigenvalue weighted by molar-refractivity contribution is 8.01. The highest BCUT2D eigenvalue weighted by Crippen LogP contribution is 2.46. The summed E-state index contributed by atoms with van der Waals surface area (Å²) in [7, 11) is 3.29. The lowest BCUT2D eigenvalue weighted by Gasteiger charge is -2.24. The Morgan fingerprint density at radius 1 is 0.958 bits per heavy atom. The van der Waals surface area contributed by atoms with Gasteiger partial charge in [0.2, 0.25) is 5.91 Å². The second-order valence-corrected chi connectivity index (χ2v) is 6.85. The number of anilines is 1. The second kappa shape index (κ2) is 7.18. The van der Waals surface area contributed by atoms with E-state index in [-0.39, 0.29) is 16.5 Å². The molecule has 1 fully saturated rings. The molecule has 5 heteroatoms. The van der Waals surface area contributed by atoms with Crippen LogP contribution in [0.25, 0.3) is 0 Å². The summed E-state index contributed by atoms with van der Waals surface area (Å²) in [5.74, 6) is 1.76. The van der Waals surface area contributed by atoms with E-state index >= 15 is 0 Å². The van der Waals surface area contributed by atoms with Crippen LogP contribution in [0.5, 0.6) is 11.5 Å². The summed E-state index contributed by atoms with van der Waals surface area (Å²) in [5.41, 5.74) is 1.99. The van der Waals surface area contributed by atoms with Crippen LogP contribution in [-0.2, 0) is 4.79 Å². The Balaban J connectivity index is 1.96. The summed E-state index contributed by atoms with van der Waals surface area (Å²) in [6.07, 6.45) is 0.822. The van der Waals surface area contributed by atoms with Crippen molar-refractivity contribution in [3.63, 3.8) is 0 Å². The van der Waals surface area contributed by atoms with Crippen LogP contribution in [-0.4, -0.2) is 25.4 Å². The highest BCUT2D eigenvalue weighted by atomic mass is 32.2. The number of amides is 1. The summed E-state index contributed by atoms with van der Waals surface area (Å²) in [6.45, 7) is 2.05. The van der Waals surface area contributed by atoms with Crippen molar-refractivity contribution in [3.8, 4) is 11.5 Å². The third kappa shape index (κ3) is 3.08. The average molecular weight is 343 g/mol. The lowest BCUT2D eigenvalue weighted by atomic mass is 10.1. The number of nitrogens with zero attached hydrogens (tertiary/aromatic N) is 1. The first-order valence-corrected chi connectivity index (χ1v) is 8.88. The molecule has 0 aliphatic carbocycles. The lowest BCUT2D eigenvalue weighted by Crippen LogP contribution is -2.30. The fourth-order valence-electron chi connectivity index (χ4n) is 2.82. The number of hydrogen-bond acceptors (Lipinski definition) is 4. The zero-order valence-corrected chi connectivity index (χ0v) is 14.9. The zero-order chi connectivity index (χ0) is 17.1. The fraction of sp³-hybridized carbons (Fsp3) is 0.316. The minimum atomic E-state index is -0.0262. The van der Waals surface area contributed by atoms with Crippen LogP contribution in [0.3, 0.4) is 0 Å². The molecule has 1 amide bonds. The first kappa shape index (κ1) is 16.7. The van der Waals surface area contributed by atoms with E-state index in [1.807, 2.05) is 53.4 Å². The number of carbonyl (C=O) groups is 1. The van der Waals surface area contributed by atoms with Crippen molar-refractivity contribution in [1.82, 2.24) is 0 Å². The Bertz CT molecular complexity index is 700. The van der Waals surface area contributed by atoms with E-state index in [4.69, 9.17) is 9.47 Å². The van der Waals surface area contributed by atoms with Crippen molar-refractivity contribution in [2.24, 2.45) is 0 Å². The summed E-state index contributed by atoms with van der Waals surface area (Å²) < 4.78 is 10.4. The number of methoxy groups -OCH3 is 2. The van der Waals surface area contributed by atoms with Gasteiger partial charge in [-0.2, -0.15) is 0 Å². The Kier molecular flexibility index (Phi) is 5.00. The molecule has 1 saturated heterocycles. The molecule has 3 rings (SSSR count). The SMILES string of the molecule is CCC1SC(c2ccc(OC)cc2)N(c2ccc(OC)cc2)C1=O. The number of thioether (sulfide) groups is 1. The molecule has 0 N–H and O–H groups in total. The number of ether oxygens (including phenoxy) is 2. The van der Waals surface area contributed by atoms with Crippen LogP contribution in [0.15, 0.2) is 48.5 Å². The minimum Gasteiger partial charge on any atom is -0.497 e. The summed E-state index contributed by atoms with van der Waals surface area (Å²) in [5, 5.41) is -0.0408. The summed E-state index contributed by atoms with van der Waals surface area (Å²) in [6, 6.07) is 15.6. The van der Waals surface area contributed by atoms with E-state index in [0.717, 1.165) is 29.2 Å². The predicted molar refractivity (Wildman–Crippen MR) is 97.9 cm³/mol. The van der Waals surface area contributed by atoms with Crippen molar-refractivity contribution in [2.75, 3.05) is 19.1 Å². The van der Waals surface area contributed by atoms with Crippen molar-refractivity contribution in [1.29, 1.82) is 0 Å². The molecule has 2 unspecified atom stereocenters. The van der Waals surface area contributed by atoms with Gasteiger partial charge in [-0.1, -0.05) is 19.1 Å². The molecule has 126 valence electrons. The molecule has 0 saturated carbocycles. The quantitative estimate of drug-likeness (QED) is 0.813. The molecule has 0 aromatic heterocycles. The number of rotatable bonds is 5. The van der Waals surface area contributed by atoms with Gasteiger partial charge in [-0.05, 0) is 48.4 Å². The maximum Gasteiger partial charge on any atom is 0.241 e. The van der Waals surface area contributed by atoms with Crippen LogP contribution in [0.1, 0.15) is 24.3 Å². The van der Waals surface area contributed by atoms with Gasteiger partial charge in [0.15, 0.2) is 0 Å². The normalized spacial score (nSPS) is 20.3. The number of benzene rings is 2. The predicted octanol–water partition coefficient (Wildman–Crippen LogP) is 4.26. The highest BCUT2D eigenvalue weighted by Gasteiger charge is 2.40. The van der Waals surface area contributed by atoms with Gasteiger partial charge in [-0.3, -0.25) is 9.69 Å². The van der Waals surface area contributed by atoms with Gasteiger partial charge in [0.05, 0.1) is 19.5 Å². The fourth-order valence-corrected chi connectivity index (χ4v) is 4.21. The van der Waals surface area contributed by atoms with Crippen LogP contribution in [0.2, 0.25) is 0 Å². The third-order valence-electron chi connectivity index (χ3n) is 4.16. The second-order valence-electron chi connectivity index (χ2n) is 5.56. The van der Waals surface area contributed by atoms with Crippen molar-refractivity contribution < 1.29 is 14.3 Å². The molecule has 4 nitrogen and oxygen atoms in total. The van der Waals surface area contributed by atoms with E-state index in [1.54, 1.807) is 26.0 Å². The van der Waals surface area contributed by atoms with E-state index < -0.39 is 0 Å². The topological polar surface area (TPSA) is 38.8 Å². The monoisotopic (exact) mass is 343 g/mol. The van der Waals surface area contributed by atoms with Gasteiger partial charge in [0, 0.05) is 5.69 Å². The minimum absolute atomic E-state index is 0.0146. The molecular formula is C19H21NO3S. The third-order valence-corrected chi connectivity index (χ3v) is 5.77. The van der Waals surface area contributed by atoms with E-state index in [2.05, 4.69) is 6.92 Å². The molecule has 1 aliphatic rings. The molecular weight excluding hydrogens is 322 g/mol. The van der Waals surface area contributed by atoms with Crippen LogP contribution in [0.4, 0.5) is 5.69 Å². The van der Waals surface area contributed by atoms with Gasteiger partial charge in [0.1, 0.15) is 16.9 Å². The van der Waals surface area contributed by atoms with Gasteiger partial charge < -0.3 is 9.47 Å². The van der Waals surface area contributed by atoms with Gasteiger partial charge >= 0.3 is 0 Å². The molecule has 2 atom stereocenters. The van der Waals surface area contributed by atoms with Gasteiger partial charge in [-0.15, -0.1) is 11.8 Å². The number of carbonyl (C=O) groups excluding carboxylic acids is 1. The van der Waals surface area contributed by atoms with Crippen molar-refractivity contribution >= 4 is 23.4 Å². The summed E-state index contributed by atoms with van der Waals surface area (Å²) >= 11 is 1.70. The van der Waals surface area contributed by atoms with Crippen molar-refractivity contribution in [3.05, 3.63) is 54.1 Å². The Hall–Kier alpha value is -2.14. The Morgan fingerprint density at radius 2 is 1.50 bits per heavy atom.